The summed E-state index contributed by atoms with van der Waals surface area (Å²) in [6, 6.07) is 3.22. The lowest BCUT2D eigenvalue weighted by Crippen LogP contribution is -2.62. The van der Waals surface area contributed by atoms with Crippen molar-refractivity contribution in [3.05, 3.63) is 23.9 Å². The summed E-state index contributed by atoms with van der Waals surface area (Å²) in [5.74, 6) is 2.69. The van der Waals surface area contributed by atoms with Crippen molar-refractivity contribution in [2.75, 3.05) is 18.6 Å². The van der Waals surface area contributed by atoms with Crippen LogP contribution in [0.1, 0.15) is 95.8 Å². The van der Waals surface area contributed by atoms with E-state index < -0.39 is 21.4 Å². The van der Waals surface area contributed by atoms with E-state index in [4.69, 9.17) is 4.74 Å². The third-order valence-electron chi connectivity index (χ3n) is 12.4. The lowest BCUT2D eigenvalue weighted by molar-refractivity contribution is -0.203. The Kier molecular flexibility index (Phi) is 8.70. The summed E-state index contributed by atoms with van der Waals surface area (Å²) in [7, 11) is -3.38. The molecule has 0 saturated heterocycles. The number of nitrogens with zero attached hydrogens (tertiary/aromatic N) is 1. The second-order valence-electron chi connectivity index (χ2n) is 14.6. The highest BCUT2D eigenvalue weighted by molar-refractivity contribution is 7.91. The van der Waals surface area contributed by atoms with Gasteiger partial charge in [-0.15, -0.1) is 0 Å². The molecule has 0 aromatic carbocycles. The van der Waals surface area contributed by atoms with E-state index >= 15 is 0 Å². The molecule has 4 saturated carbocycles. The summed E-state index contributed by atoms with van der Waals surface area (Å²) in [6.07, 6.45) is 11.5. The number of ether oxygens (including phenoxy) is 1. The molecule has 1 heterocycles. The fourth-order valence-corrected chi connectivity index (χ4v) is 11.1. The summed E-state index contributed by atoms with van der Waals surface area (Å²) < 4.78 is 28.8. The SMILES string of the molecule is CC[C@H]1[C@@H](O)[C@@H]2[C@H](CC[C@]3(C)[C@@H]([C@H](C)CCOc4ccc(C(=O)CS(C)(=O)=O)cn4)CC[C@@H]23)[C@@]2(C)CC[C@@H](O)C[C@@H]12. The third-order valence-corrected chi connectivity index (χ3v) is 13.2. The number of rotatable bonds is 9. The van der Waals surface area contributed by atoms with E-state index in [9.17, 15) is 23.4 Å². The van der Waals surface area contributed by atoms with Crippen molar-refractivity contribution in [2.45, 2.75) is 97.7 Å². The molecule has 4 aliphatic carbocycles. The van der Waals surface area contributed by atoms with E-state index in [0.717, 1.165) is 38.4 Å². The number of hydrogen-bond acceptors (Lipinski definition) is 7. The van der Waals surface area contributed by atoms with E-state index in [1.165, 1.54) is 31.9 Å². The predicted molar refractivity (Wildman–Crippen MR) is 159 cm³/mol. The highest BCUT2D eigenvalue weighted by Crippen LogP contribution is 2.69. The normalized spacial score (nSPS) is 41.1. The number of carbonyl (C=O) groups excluding carboxylic acids is 1. The molecule has 4 aliphatic rings. The maximum absolute atomic E-state index is 12.1. The smallest absolute Gasteiger partial charge is 0.213 e. The first-order valence-electron chi connectivity index (χ1n) is 15.9. The molecule has 0 aliphatic heterocycles. The number of ketones is 1. The lowest BCUT2D eigenvalue weighted by atomic mass is 9.41. The van der Waals surface area contributed by atoms with E-state index in [1.807, 2.05) is 0 Å². The standard InChI is InChI=1S/C33H51NO6S/c1-6-23-27-17-22(35)11-14-33(27,4)26-12-15-32(3)24(8-9-25(32)30(26)31(23)37)20(2)13-16-40-29-10-7-21(18-34-29)28(36)19-41(5,38)39/h7,10,18,20,22-27,30-31,35,37H,6,8-9,11-17,19H2,1-5H3/t20-,22-,23-,24-,25+,26+,27+,30+,31-,32-,33-/m1/s1. The minimum atomic E-state index is -3.38. The highest BCUT2D eigenvalue weighted by Gasteiger charge is 2.64. The van der Waals surface area contributed by atoms with Crippen LogP contribution in [0.15, 0.2) is 18.3 Å². The summed E-state index contributed by atoms with van der Waals surface area (Å²) in [5, 5.41) is 22.4. The number of fused-ring (bicyclic) bond motifs is 5. The monoisotopic (exact) mass is 589 g/mol. The van der Waals surface area contributed by atoms with Crippen molar-refractivity contribution in [2.24, 2.45) is 52.3 Å². The summed E-state index contributed by atoms with van der Waals surface area (Å²) in [4.78, 5) is 16.4. The average molecular weight is 590 g/mol. The van der Waals surface area contributed by atoms with Crippen molar-refractivity contribution >= 4 is 15.6 Å². The Labute approximate surface area is 246 Å². The number of aliphatic hydroxyl groups is 2. The summed E-state index contributed by atoms with van der Waals surface area (Å²) >= 11 is 0. The number of carbonyl (C=O) groups is 1. The molecule has 1 aromatic heterocycles. The Morgan fingerprint density at radius 1 is 1.07 bits per heavy atom. The topological polar surface area (TPSA) is 114 Å². The number of Topliss-reactive ketones (excluding diaryl/α,β-unsaturated/α-hetero) is 1. The van der Waals surface area contributed by atoms with Gasteiger partial charge in [0.2, 0.25) is 5.88 Å². The first-order chi connectivity index (χ1) is 19.3. The van der Waals surface area contributed by atoms with Crippen LogP contribution in [0.5, 0.6) is 5.88 Å². The Morgan fingerprint density at radius 3 is 2.44 bits per heavy atom. The highest BCUT2D eigenvalue weighted by atomic mass is 32.2. The van der Waals surface area contributed by atoms with Crippen molar-refractivity contribution in [1.82, 2.24) is 4.98 Å². The predicted octanol–water partition coefficient (Wildman–Crippen LogP) is 5.34. The second kappa shape index (κ2) is 11.5. The van der Waals surface area contributed by atoms with Crippen LogP contribution >= 0.6 is 0 Å². The average Bonchev–Trinajstić information content (AvgIpc) is 3.26. The largest absolute Gasteiger partial charge is 0.478 e. The zero-order valence-electron chi connectivity index (χ0n) is 25.6. The van der Waals surface area contributed by atoms with Crippen molar-refractivity contribution in [3.63, 3.8) is 0 Å². The van der Waals surface area contributed by atoms with Gasteiger partial charge in [-0.05, 0) is 110 Å². The quantitative estimate of drug-likeness (QED) is 0.374. The number of hydrogen-bond donors (Lipinski definition) is 2. The van der Waals surface area contributed by atoms with Crippen LogP contribution in [0.25, 0.3) is 0 Å². The van der Waals surface area contributed by atoms with Gasteiger partial charge in [-0.2, -0.15) is 0 Å². The van der Waals surface area contributed by atoms with Gasteiger partial charge in [0.1, 0.15) is 5.75 Å². The van der Waals surface area contributed by atoms with Gasteiger partial charge in [-0.3, -0.25) is 4.79 Å². The van der Waals surface area contributed by atoms with Gasteiger partial charge in [-0.1, -0.05) is 34.1 Å². The van der Waals surface area contributed by atoms with Crippen LogP contribution in [0.4, 0.5) is 0 Å². The van der Waals surface area contributed by atoms with Crippen molar-refractivity contribution in [3.8, 4) is 5.88 Å². The lowest BCUT2D eigenvalue weighted by Gasteiger charge is -2.64. The third kappa shape index (κ3) is 5.74. The van der Waals surface area contributed by atoms with Crippen LogP contribution in [0.2, 0.25) is 0 Å². The molecule has 0 spiro atoms. The Morgan fingerprint density at radius 2 is 1.78 bits per heavy atom. The molecule has 7 nitrogen and oxygen atoms in total. The fraction of sp³-hybridized carbons (Fsp3) is 0.818. The van der Waals surface area contributed by atoms with Gasteiger partial charge < -0.3 is 14.9 Å². The molecular weight excluding hydrogens is 538 g/mol. The minimum Gasteiger partial charge on any atom is -0.478 e. The molecule has 1 aromatic rings. The van der Waals surface area contributed by atoms with Gasteiger partial charge in [0.05, 0.1) is 18.8 Å². The van der Waals surface area contributed by atoms with Gasteiger partial charge >= 0.3 is 0 Å². The van der Waals surface area contributed by atoms with E-state index in [-0.39, 0.29) is 34.5 Å². The van der Waals surface area contributed by atoms with E-state index in [2.05, 4.69) is 32.7 Å². The molecule has 41 heavy (non-hydrogen) atoms. The molecule has 0 bridgehead atoms. The summed E-state index contributed by atoms with van der Waals surface area (Å²) in [5.41, 5.74) is 0.717. The first kappa shape index (κ1) is 30.9. The second-order valence-corrected chi connectivity index (χ2v) is 16.8. The minimum absolute atomic E-state index is 0.214. The Bertz CT molecular complexity index is 1200. The van der Waals surface area contributed by atoms with Crippen LogP contribution in [-0.4, -0.2) is 60.2 Å². The number of sulfone groups is 1. The molecule has 0 unspecified atom stereocenters. The van der Waals surface area contributed by atoms with Crippen LogP contribution < -0.4 is 4.74 Å². The molecule has 11 atom stereocenters. The fourth-order valence-electron chi connectivity index (χ4n) is 10.4. The molecule has 0 radical (unpaired) electrons. The zero-order valence-corrected chi connectivity index (χ0v) is 26.4. The first-order valence-corrected chi connectivity index (χ1v) is 18.0. The maximum atomic E-state index is 12.1. The molecule has 2 N–H and O–H groups in total. The van der Waals surface area contributed by atoms with Crippen LogP contribution in [-0.2, 0) is 9.84 Å². The van der Waals surface area contributed by atoms with Gasteiger partial charge in [0.25, 0.3) is 0 Å². The molecule has 8 heteroatoms. The van der Waals surface area contributed by atoms with Crippen molar-refractivity contribution < 1.29 is 28.2 Å². The summed E-state index contributed by atoms with van der Waals surface area (Å²) in [6.45, 7) is 10.1. The maximum Gasteiger partial charge on any atom is 0.213 e. The Balaban J connectivity index is 1.22. The van der Waals surface area contributed by atoms with Gasteiger partial charge in [0, 0.05) is 24.1 Å². The molecule has 0 amide bonds. The molecular formula is C33H51NO6S. The van der Waals surface area contributed by atoms with Crippen LogP contribution in [0, 0.1) is 52.3 Å². The molecule has 4 fully saturated rings. The van der Waals surface area contributed by atoms with Crippen molar-refractivity contribution in [1.29, 1.82) is 0 Å². The molecule has 230 valence electrons. The molecule has 5 rings (SSSR count). The van der Waals surface area contributed by atoms with Gasteiger partial charge in [-0.25, -0.2) is 13.4 Å². The van der Waals surface area contributed by atoms with E-state index in [0.29, 0.717) is 48.0 Å². The van der Waals surface area contributed by atoms with Crippen LogP contribution in [0.3, 0.4) is 0 Å². The number of pyridine rings is 1. The number of aliphatic hydroxyl groups excluding tert-OH is 2. The number of aromatic nitrogens is 1. The van der Waals surface area contributed by atoms with E-state index in [1.54, 1.807) is 12.1 Å². The zero-order chi connectivity index (χ0) is 29.7. The van der Waals surface area contributed by atoms with Gasteiger partial charge in [0.15, 0.2) is 15.6 Å². The Hall–Kier alpha value is -1.51.